The first-order chi connectivity index (χ1) is 11.6. The fourth-order valence-electron chi connectivity index (χ4n) is 6.76. The summed E-state index contributed by atoms with van der Waals surface area (Å²) in [7, 11) is 1.47. The summed E-state index contributed by atoms with van der Waals surface area (Å²) >= 11 is 0. The fraction of sp³-hybridized carbons (Fsp3) is 0.682. The Morgan fingerprint density at radius 1 is 1.16 bits per heavy atom. The first-order valence-electron chi connectivity index (χ1n) is 9.60. The first-order valence-corrected chi connectivity index (χ1v) is 9.60. The van der Waals surface area contributed by atoms with Gasteiger partial charge in [-0.05, 0) is 59.0 Å². The normalized spacial score (nSPS) is 36.8. The van der Waals surface area contributed by atoms with E-state index in [9.17, 15) is 4.79 Å². The van der Waals surface area contributed by atoms with E-state index in [2.05, 4.69) is 46.0 Å². The highest BCUT2D eigenvalue weighted by molar-refractivity contribution is 5.97. The molecule has 1 aliphatic heterocycles. The number of benzene rings is 1. The molecule has 3 nitrogen and oxygen atoms in total. The number of carbonyl (C=O) groups excluding carboxylic acids is 1. The van der Waals surface area contributed by atoms with Crippen molar-refractivity contribution in [3.63, 3.8) is 0 Å². The predicted molar refractivity (Wildman–Crippen MR) is 101 cm³/mol. The van der Waals surface area contributed by atoms with Crippen molar-refractivity contribution in [3.05, 3.63) is 29.3 Å². The van der Waals surface area contributed by atoms with Gasteiger partial charge in [0.25, 0.3) is 0 Å². The first kappa shape index (κ1) is 16.9. The average molecular weight is 341 g/mol. The SMILES string of the molecule is COC(=O)c1cccc2c1N[C@H]1C(C)(C)C[C@@H]3C(C)(C)CC[C@H]2[C@@]31C. The molecule has 0 aromatic heterocycles. The lowest BCUT2D eigenvalue weighted by Crippen LogP contribution is -2.54. The third-order valence-corrected chi connectivity index (χ3v) is 7.82. The number of esters is 1. The molecule has 2 aliphatic carbocycles. The largest absolute Gasteiger partial charge is 0.465 e. The molecule has 3 aliphatic rings. The van der Waals surface area contributed by atoms with Crippen LogP contribution in [0.4, 0.5) is 5.69 Å². The van der Waals surface area contributed by atoms with Crippen molar-refractivity contribution >= 4 is 11.7 Å². The number of methoxy groups -OCH3 is 1. The molecule has 1 N–H and O–H groups in total. The molecule has 4 atom stereocenters. The van der Waals surface area contributed by atoms with Gasteiger partial charge in [0, 0.05) is 6.04 Å². The standard InChI is InChI=1S/C22H31NO2/c1-20(2)11-10-15-13-8-7-9-14(18(24)25-6)17(13)23-19-21(3,4)12-16(20)22(15,19)5/h7-9,15-16,19,23H,10-12H2,1-6H3/t15-,16-,19+,22+/m1/s1. The van der Waals surface area contributed by atoms with Crippen LogP contribution in [-0.4, -0.2) is 19.1 Å². The summed E-state index contributed by atoms with van der Waals surface area (Å²) in [5, 5.41) is 3.84. The summed E-state index contributed by atoms with van der Waals surface area (Å²) in [6.45, 7) is 12.2. The number of carbonyl (C=O) groups is 1. The van der Waals surface area contributed by atoms with Crippen LogP contribution >= 0.6 is 0 Å². The van der Waals surface area contributed by atoms with E-state index in [4.69, 9.17) is 4.74 Å². The number of nitrogens with one attached hydrogen (secondary N) is 1. The van der Waals surface area contributed by atoms with E-state index >= 15 is 0 Å². The zero-order chi connectivity index (χ0) is 18.2. The Morgan fingerprint density at radius 2 is 1.88 bits per heavy atom. The van der Waals surface area contributed by atoms with Gasteiger partial charge in [-0.25, -0.2) is 4.79 Å². The zero-order valence-electron chi connectivity index (χ0n) is 16.4. The van der Waals surface area contributed by atoms with E-state index in [-0.39, 0.29) is 16.8 Å². The number of hydrogen-bond donors (Lipinski definition) is 1. The van der Waals surface area contributed by atoms with Gasteiger partial charge in [0.2, 0.25) is 0 Å². The van der Waals surface area contributed by atoms with Gasteiger partial charge in [0.05, 0.1) is 18.4 Å². The van der Waals surface area contributed by atoms with Gasteiger partial charge < -0.3 is 10.1 Å². The van der Waals surface area contributed by atoms with E-state index in [0.717, 1.165) is 5.69 Å². The van der Waals surface area contributed by atoms with E-state index in [0.29, 0.717) is 28.9 Å². The van der Waals surface area contributed by atoms with Crippen molar-refractivity contribution in [2.45, 2.75) is 65.8 Å². The van der Waals surface area contributed by atoms with Crippen molar-refractivity contribution in [1.82, 2.24) is 0 Å². The Kier molecular flexibility index (Phi) is 3.40. The van der Waals surface area contributed by atoms with Gasteiger partial charge >= 0.3 is 5.97 Å². The number of fused-ring (bicyclic) bond motifs is 2. The molecule has 2 fully saturated rings. The molecule has 2 saturated carbocycles. The van der Waals surface area contributed by atoms with Gasteiger partial charge in [-0.1, -0.05) is 46.8 Å². The summed E-state index contributed by atoms with van der Waals surface area (Å²) in [4.78, 5) is 12.3. The molecule has 136 valence electrons. The van der Waals surface area contributed by atoms with E-state index in [1.807, 2.05) is 12.1 Å². The minimum atomic E-state index is -0.239. The molecule has 0 bridgehead atoms. The van der Waals surface area contributed by atoms with E-state index in [1.54, 1.807) is 0 Å². The lowest BCUT2D eigenvalue weighted by Gasteiger charge is -2.57. The van der Waals surface area contributed by atoms with Crippen molar-refractivity contribution in [1.29, 1.82) is 0 Å². The minimum absolute atomic E-state index is 0.209. The molecular formula is C22H31NO2. The quantitative estimate of drug-likeness (QED) is 0.711. The van der Waals surface area contributed by atoms with Crippen molar-refractivity contribution in [2.75, 3.05) is 12.4 Å². The predicted octanol–water partition coefficient (Wildman–Crippen LogP) is 5.22. The monoisotopic (exact) mass is 341 g/mol. The highest BCUT2D eigenvalue weighted by atomic mass is 16.5. The smallest absolute Gasteiger partial charge is 0.339 e. The van der Waals surface area contributed by atoms with Crippen LogP contribution in [-0.2, 0) is 4.74 Å². The highest BCUT2D eigenvalue weighted by Gasteiger charge is 2.66. The molecule has 3 heteroatoms. The molecule has 1 aromatic carbocycles. The topological polar surface area (TPSA) is 38.3 Å². The second kappa shape index (κ2) is 5.02. The average Bonchev–Trinajstić information content (AvgIpc) is 2.77. The van der Waals surface area contributed by atoms with Crippen LogP contribution in [0.1, 0.15) is 75.7 Å². The Bertz CT molecular complexity index is 736. The summed E-state index contributed by atoms with van der Waals surface area (Å²) in [6, 6.07) is 6.52. The van der Waals surface area contributed by atoms with Crippen molar-refractivity contribution < 1.29 is 9.53 Å². The molecule has 0 saturated heterocycles. The van der Waals surface area contributed by atoms with E-state index < -0.39 is 0 Å². The summed E-state index contributed by atoms with van der Waals surface area (Å²) in [5.74, 6) is 0.968. The van der Waals surface area contributed by atoms with Crippen LogP contribution in [0.2, 0.25) is 0 Å². The Labute approximate surface area is 151 Å². The molecule has 1 heterocycles. The molecule has 4 rings (SSSR count). The number of para-hydroxylation sites is 1. The molecule has 0 unspecified atom stereocenters. The lowest BCUT2D eigenvalue weighted by atomic mass is 9.50. The van der Waals surface area contributed by atoms with Gasteiger partial charge in [-0.3, -0.25) is 0 Å². The van der Waals surface area contributed by atoms with Crippen molar-refractivity contribution in [3.8, 4) is 0 Å². The molecule has 0 spiro atoms. The van der Waals surface area contributed by atoms with Crippen LogP contribution in [0.25, 0.3) is 0 Å². The minimum Gasteiger partial charge on any atom is -0.465 e. The Balaban J connectivity index is 1.92. The fourth-order valence-corrected chi connectivity index (χ4v) is 6.76. The third kappa shape index (κ3) is 2.07. The summed E-state index contributed by atoms with van der Waals surface area (Å²) in [5.41, 5.74) is 3.84. The number of hydrogen-bond acceptors (Lipinski definition) is 3. The third-order valence-electron chi connectivity index (χ3n) is 7.82. The number of ether oxygens (including phenoxy) is 1. The van der Waals surface area contributed by atoms with Gasteiger partial charge in [-0.15, -0.1) is 0 Å². The highest BCUT2D eigenvalue weighted by Crippen LogP contribution is 2.71. The maximum Gasteiger partial charge on any atom is 0.339 e. The Morgan fingerprint density at radius 3 is 2.56 bits per heavy atom. The van der Waals surface area contributed by atoms with Crippen molar-refractivity contribution in [2.24, 2.45) is 22.2 Å². The second-order valence-electron chi connectivity index (χ2n) is 10.0. The molecule has 1 aromatic rings. The van der Waals surface area contributed by atoms with Crippen LogP contribution in [0.15, 0.2) is 18.2 Å². The van der Waals surface area contributed by atoms with E-state index in [1.165, 1.54) is 31.9 Å². The maximum atomic E-state index is 12.3. The van der Waals surface area contributed by atoms with Crippen LogP contribution in [0.3, 0.4) is 0 Å². The van der Waals surface area contributed by atoms with Gasteiger partial charge in [-0.2, -0.15) is 0 Å². The Hall–Kier alpha value is -1.51. The molecule has 0 amide bonds. The number of rotatable bonds is 1. The second-order valence-corrected chi connectivity index (χ2v) is 10.0. The number of anilines is 1. The zero-order valence-corrected chi connectivity index (χ0v) is 16.4. The summed E-state index contributed by atoms with van der Waals surface area (Å²) in [6.07, 6.45) is 3.70. The van der Waals surface area contributed by atoms with Crippen LogP contribution < -0.4 is 5.32 Å². The molecule has 0 radical (unpaired) electrons. The molecular weight excluding hydrogens is 310 g/mol. The van der Waals surface area contributed by atoms with Gasteiger partial charge in [0.1, 0.15) is 0 Å². The van der Waals surface area contributed by atoms with Crippen LogP contribution in [0, 0.1) is 22.2 Å². The van der Waals surface area contributed by atoms with Gasteiger partial charge in [0.15, 0.2) is 0 Å². The summed E-state index contributed by atoms with van der Waals surface area (Å²) < 4.78 is 5.05. The van der Waals surface area contributed by atoms with Crippen LogP contribution in [0.5, 0.6) is 0 Å². The maximum absolute atomic E-state index is 12.3. The molecule has 25 heavy (non-hydrogen) atoms. The lowest BCUT2D eigenvalue weighted by molar-refractivity contribution is -0.00144.